The van der Waals surface area contributed by atoms with Crippen molar-refractivity contribution in [2.24, 2.45) is 0 Å². The Bertz CT molecular complexity index is 205. The van der Waals surface area contributed by atoms with Crippen LogP contribution in [-0.2, 0) is 19.1 Å². The van der Waals surface area contributed by atoms with Gasteiger partial charge in [-0.25, -0.2) is 4.79 Å². The molecular formula is C8H12O4. The molecule has 0 bridgehead atoms. The van der Waals surface area contributed by atoms with Gasteiger partial charge in [-0.2, -0.15) is 0 Å². The highest BCUT2D eigenvalue weighted by molar-refractivity contribution is 5.88. The number of carbonyl (C=O) groups is 2. The number of carbonyl (C=O) groups excluding carboxylic acids is 2. The minimum absolute atomic E-state index is 0.0947. The van der Waals surface area contributed by atoms with E-state index in [4.69, 9.17) is 0 Å². The molecule has 0 aromatic carbocycles. The molecule has 0 amide bonds. The van der Waals surface area contributed by atoms with Crippen molar-refractivity contribution in [3.05, 3.63) is 11.6 Å². The third kappa shape index (κ3) is 3.75. The summed E-state index contributed by atoms with van der Waals surface area (Å²) in [6.45, 7) is 1.58. The third-order valence-corrected chi connectivity index (χ3v) is 1.31. The lowest BCUT2D eigenvalue weighted by atomic mass is 10.2. The number of ether oxygens (including phenoxy) is 2. The molecule has 0 unspecified atom stereocenters. The van der Waals surface area contributed by atoms with Gasteiger partial charge in [-0.3, -0.25) is 4.79 Å². The predicted molar refractivity (Wildman–Crippen MR) is 42.4 cm³/mol. The second kappa shape index (κ2) is 5.35. The summed E-state index contributed by atoms with van der Waals surface area (Å²) in [7, 11) is 2.58. The summed E-state index contributed by atoms with van der Waals surface area (Å²) >= 11 is 0. The maximum atomic E-state index is 10.8. The average Bonchev–Trinajstić information content (AvgIpc) is 2.11. The van der Waals surface area contributed by atoms with Crippen LogP contribution in [0, 0.1) is 0 Å². The van der Waals surface area contributed by atoms with E-state index in [0.29, 0.717) is 5.57 Å². The Kier molecular flexibility index (Phi) is 4.76. The Morgan fingerprint density at radius 2 is 1.83 bits per heavy atom. The monoisotopic (exact) mass is 172 g/mol. The van der Waals surface area contributed by atoms with E-state index in [0.717, 1.165) is 0 Å². The lowest BCUT2D eigenvalue weighted by Gasteiger charge is -1.97. The lowest BCUT2D eigenvalue weighted by molar-refractivity contribution is -0.139. The van der Waals surface area contributed by atoms with Crippen LogP contribution in [-0.4, -0.2) is 26.2 Å². The fraction of sp³-hybridized carbons (Fsp3) is 0.500. The molecule has 0 radical (unpaired) electrons. The molecule has 0 saturated heterocycles. The molecule has 0 aliphatic carbocycles. The quantitative estimate of drug-likeness (QED) is 0.463. The predicted octanol–water partition coefficient (Wildman–Crippen LogP) is 0.669. The van der Waals surface area contributed by atoms with Crippen LogP contribution in [0.15, 0.2) is 11.6 Å². The SMILES string of the molecule is COC(=O)CC=C(C)C(=O)OC. The summed E-state index contributed by atoms with van der Waals surface area (Å²) in [5, 5.41) is 0. The highest BCUT2D eigenvalue weighted by atomic mass is 16.5. The van der Waals surface area contributed by atoms with Crippen LogP contribution in [0.5, 0.6) is 0 Å². The number of methoxy groups -OCH3 is 2. The first-order chi connectivity index (χ1) is 5.61. The van der Waals surface area contributed by atoms with Crippen molar-refractivity contribution < 1.29 is 19.1 Å². The van der Waals surface area contributed by atoms with E-state index in [1.165, 1.54) is 20.3 Å². The van der Waals surface area contributed by atoms with Crippen molar-refractivity contribution in [1.29, 1.82) is 0 Å². The van der Waals surface area contributed by atoms with E-state index < -0.39 is 5.97 Å². The molecule has 0 aromatic heterocycles. The van der Waals surface area contributed by atoms with Crippen molar-refractivity contribution >= 4 is 11.9 Å². The Balaban J connectivity index is 4.00. The zero-order chi connectivity index (χ0) is 9.56. The van der Waals surface area contributed by atoms with Gasteiger partial charge in [0.25, 0.3) is 0 Å². The van der Waals surface area contributed by atoms with Gasteiger partial charge in [-0.15, -0.1) is 0 Å². The summed E-state index contributed by atoms with van der Waals surface area (Å²) in [5.41, 5.74) is 0.405. The standard InChI is InChI=1S/C8H12O4/c1-6(8(10)12-3)4-5-7(9)11-2/h4H,5H2,1-3H3. The summed E-state index contributed by atoms with van der Waals surface area (Å²) in [5.74, 6) is -0.808. The van der Waals surface area contributed by atoms with Gasteiger partial charge in [0.2, 0.25) is 0 Å². The van der Waals surface area contributed by atoms with Crippen LogP contribution < -0.4 is 0 Å². The van der Waals surface area contributed by atoms with E-state index in [2.05, 4.69) is 9.47 Å². The maximum absolute atomic E-state index is 10.8. The molecule has 0 spiro atoms. The zero-order valence-corrected chi connectivity index (χ0v) is 7.42. The fourth-order valence-electron chi connectivity index (χ4n) is 0.564. The first-order valence-corrected chi connectivity index (χ1v) is 3.43. The van der Waals surface area contributed by atoms with Gasteiger partial charge in [0.15, 0.2) is 0 Å². The van der Waals surface area contributed by atoms with Gasteiger partial charge in [0.05, 0.1) is 20.6 Å². The minimum Gasteiger partial charge on any atom is -0.469 e. The van der Waals surface area contributed by atoms with Crippen LogP contribution in [0.4, 0.5) is 0 Å². The van der Waals surface area contributed by atoms with E-state index in [1.807, 2.05) is 0 Å². The highest BCUT2D eigenvalue weighted by Crippen LogP contribution is 1.98. The van der Waals surface area contributed by atoms with E-state index in [9.17, 15) is 9.59 Å². The second-order valence-electron chi connectivity index (χ2n) is 2.16. The molecule has 0 atom stereocenters. The zero-order valence-electron chi connectivity index (χ0n) is 7.42. The van der Waals surface area contributed by atoms with Gasteiger partial charge in [-0.1, -0.05) is 6.08 Å². The molecule has 68 valence electrons. The van der Waals surface area contributed by atoms with E-state index >= 15 is 0 Å². The number of esters is 2. The van der Waals surface area contributed by atoms with Crippen LogP contribution >= 0.6 is 0 Å². The molecule has 0 rings (SSSR count). The molecule has 0 aliphatic rings. The minimum atomic E-state index is -0.432. The van der Waals surface area contributed by atoms with Gasteiger partial charge in [-0.05, 0) is 6.92 Å². The van der Waals surface area contributed by atoms with E-state index in [-0.39, 0.29) is 12.4 Å². The van der Waals surface area contributed by atoms with Gasteiger partial charge in [0.1, 0.15) is 0 Å². The van der Waals surface area contributed by atoms with Crippen molar-refractivity contribution in [1.82, 2.24) is 0 Å². The highest BCUT2D eigenvalue weighted by Gasteiger charge is 2.03. The molecule has 0 fully saturated rings. The Morgan fingerprint density at radius 1 is 1.25 bits per heavy atom. The molecule has 4 heteroatoms. The number of hydrogen-bond acceptors (Lipinski definition) is 4. The molecule has 0 aromatic rings. The number of rotatable bonds is 3. The molecule has 0 aliphatic heterocycles. The molecular weight excluding hydrogens is 160 g/mol. The van der Waals surface area contributed by atoms with Crippen LogP contribution in [0.3, 0.4) is 0 Å². The van der Waals surface area contributed by atoms with Crippen molar-refractivity contribution in [2.45, 2.75) is 13.3 Å². The van der Waals surface area contributed by atoms with Crippen molar-refractivity contribution in [3.8, 4) is 0 Å². The maximum Gasteiger partial charge on any atom is 0.333 e. The first kappa shape index (κ1) is 10.7. The largest absolute Gasteiger partial charge is 0.469 e. The fourth-order valence-corrected chi connectivity index (χ4v) is 0.564. The summed E-state index contributed by atoms with van der Waals surface area (Å²) in [4.78, 5) is 21.4. The lowest BCUT2D eigenvalue weighted by Crippen LogP contribution is -2.03. The van der Waals surface area contributed by atoms with Crippen LogP contribution in [0.1, 0.15) is 13.3 Å². The molecule has 0 saturated carbocycles. The molecule has 12 heavy (non-hydrogen) atoms. The normalized spacial score (nSPS) is 10.8. The average molecular weight is 172 g/mol. The molecule has 0 heterocycles. The van der Waals surface area contributed by atoms with Gasteiger partial charge < -0.3 is 9.47 Å². The van der Waals surface area contributed by atoms with Gasteiger partial charge in [0, 0.05) is 5.57 Å². The molecule has 4 nitrogen and oxygen atoms in total. The third-order valence-electron chi connectivity index (χ3n) is 1.31. The summed E-state index contributed by atoms with van der Waals surface area (Å²) < 4.78 is 8.80. The first-order valence-electron chi connectivity index (χ1n) is 3.43. The van der Waals surface area contributed by atoms with Crippen LogP contribution in [0.2, 0.25) is 0 Å². The molecule has 0 N–H and O–H groups in total. The van der Waals surface area contributed by atoms with E-state index in [1.54, 1.807) is 6.92 Å². The smallest absolute Gasteiger partial charge is 0.333 e. The Hall–Kier alpha value is -1.32. The Labute approximate surface area is 71.2 Å². The second-order valence-corrected chi connectivity index (χ2v) is 2.16. The number of hydrogen-bond donors (Lipinski definition) is 0. The Morgan fingerprint density at radius 3 is 2.25 bits per heavy atom. The van der Waals surface area contributed by atoms with Gasteiger partial charge >= 0.3 is 11.9 Å². The summed E-state index contributed by atoms with van der Waals surface area (Å²) in [6.07, 6.45) is 1.56. The summed E-state index contributed by atoms with van der Waals surface area (Å²) in [6, 6.07) is 0. The van der Waals surface area contributed by atoms with Crippen molar-refractivity contribution in [3.63, 3.8) is 0 Å². The topological polar surface area (TPSA) is 52.6 Å². The van der Waals surface area contributed by atoms with Crippen molar-refractivity contribution in [2.75, 3.05) is 14.2 Å². The van der Waals surface area contributed by atoms with Crippen LogP contribution in [0.25, 0.3) is 0 Å².